The molecule has 0 saturated heterocycles. The van der Waals surface area contributed by atoms with Gasteiger partial charge in [0, 0.05) is 6.20 Å². The van der Waals surface area contributed by atoms with E-state index in [9.17, 15) is 0 Å². The second kappa shape index (κ2) is 4.28. The molecule has 1 fully saturated rings. The van der Waals surface area contributed by atoms with E-state index in [1.165, 1.54) is 25.7 Å². The van der Waals surface area contributed by atoms with Crippen molar-refractivity contribution in [2.24, 2.45) is 11.7 Å². The summed E-state index contributed by atoms with van der Waals surface area (Å²) in [4.78, 5) is 0. The Bertz CT molecular complexity index is 386. The van der Waals surface area contributed by atoms with Crippen molar-refractivity contribution in [2.75, 3.05) is 0 Å². The zero-order valence-electron chi connectivity index (χ0n) is 10.0. The molecule has 4 nitrogen and oxygen atoms in total. The molecule has 0 bridgehead atoms. The van der Waals surface area contributed by atoms with Crippen LogP contribution in [0, 0.1) is 18.3 Å². The number of hydrogen-bond acceptors (Lipinski definition) is 2. The Morgan fingerprint density at radius 2 is 2.06 bits per heavy atom. The van der Waals surface area contributed by atoms with Crippen molar-refractivity contribution < 1.29 is 0 Å². The summed E-state index contributed by atoms with van der Waals surface area (Å²) in [5.74, 6) is 0.966. The van der Waals surface area contributed by atoms with Crippen molar-refractivity contribution in [1.82, 2.24) is 9.78 Å². The number of aryl methyl sites for hydroxylation is 1. The van der Waals surface area contributed by atoms with E-state index in [0.717, 1.165) is 17.2 Å². The number of nitrogens with zero attached hydrogens (tertiary/aromatic N) is 2. The van der Waals surface area contributed by atoms with Crippen LogP contribution in [0.2, 0.25) is 0 Å². The summed E-state index contributed by atoms with van der Waals surface area (Å²) in [6, 6.07) is 0.503. The van der Waals surface area contributed by atoms with Crippen molar-refractivity contribution in [3.63, 3.8) is 0 Å². The summed E-state index contributed by atoms with van der Waals surface area (Å²) in [5.41, 5.74) is 7.15. The molecule has 1 saturated carbocycles. The molecule has 0 spiro atoms. The molecule has 1 aliphatic carbocycles. The molecule has 1 heterocycles. The Kier molecular flexibility index (Phi) is 2.99. The predicted octanol–water partition coefficient (Wildman–Crippen LogP) is 2.23. The van der Waals surface area contributed by atoms with Gasteiger partial charge in [-0.15, -0.1) is 0 Å². The Morgan fingerprint density at radius 3 is 2.56 bits per heavy atom. The van der Waals surface area contributed by atoms with Crippen LogP contribution in [-0.4, -0.2) is 15.6 Å². The van der Waals surface area contributed by atoms with Gasteiger partial charge in [0.25, 0.3) is 0 Å². The molecule has 4 heteroatoms. The molecule has 0 aliphatic heterocycles. The molecule has 2 rings (SSSR count). The Balaban J connectivity index is 2.15. The third-order valence-corrected chi connectivity index (χ3v) is 3.57. The molecular weight excluding hydrogens is 200 g/mol. The average Bonchev–Trinajstić information content (AvgIpc) is 2.61. The Morgan fingerprint density at radius 1 is 1.44 bits per heavy atom. The number of hydrogen-bond donors (Lipinski definition) is 2. The first-order valence-corrected chi connectivity index (χ1v) is 5.98. The molecule has 1 aliphatic rings. The third-order valence-electron chi connectivity index (χ3n) is 3.57. The molecule has 0 radical (unpaired) electrons. The second-order valence-corrected chi connectivity index (χ2v) is 4.94. The molecule has 0 aromatic carbocycles. The van der Waals surface area contributed by atoms with E-state index in [4.69, 9.17) is 11.1 Å². The van der Waals surface area contributed by atoms with E-state index in [-0.39, 0.29) is 5.84 Å². The van der Waals surface area contributed by atoms with Gasteiger partial charge in [0.1, 0.15) is 5.84 Å². The van der Waals surface area contributed by atoms with Crippen LogP contribution in [0.3, 0.4) is 0 Å². The largest absolute Gasteiger partial charge is 0.384 e. The van der Waals surface area contributed by atoms with Crippen LogP contribution in [0.25, 0.3) is 0 Å². The van der Waals surface area contributed by atoms with E-state index in [2.05, 4.69) is 12.0 Å². The zero-order chi connectivity index (χ0) is 11.7. The van der Waals surface area contributed by atoms with Gasteiger partial charge >= 0.3 is 0 Å². The van der Waals surface area contributed by atoms with Crippen LogP contribution in [0.1, 0.15) is 49.9 Å². The molecule has 16 heavy (non-hydrogen) atoms. The quantitative estimate of drug-likeness (QED) is 0.593. The number of nitrogen functional groups attached to an aromatic ring is 1. The maximum atomic E-state index is 7.46. The molecule has 1 aromatic heterocycles. The first-order chi connectivity index (χ1) is 7.58. The SMILES string of the molecule is Cc1nn(C2CCC(C)CC2)cc1C(=N)N. The molecule has 0 unspecified atom stereocenters. The molecule has 3 N–H and O–H groups in total. The van der Waals surface area contributed by atoms with Crippen molar-refractivity contribution in [1.29, 1.82) is 5.41 Å². The number of aromatic nitrogens is 2. The smallest absolute Gasteiger partial charge is 0.126 e. The van der Waals surface area contributed by atoms with Gasteiger partial charge in [-0.05, 0) is 38.5 Å². The van der Waals surface area contributed by atoms with Gasteiger partial charge in [0.2, 0.25) is 0 Å². The number of nitrogens with two attached hydrogens (primary N) is 1. The maximum Gasteiger partial charge on any atom is 0.126 e. The first-order valence-electron chi connectivity index (χ1n) is 5.98. The summed E-state index contributed by atoms with van der Waals surface area (Å²) in [5, 5.41) is 11.9. The van der Waals surface area contributed by atoms with E-state index < -0.39 is 0 Å². The van der Waals surface area contributed by atoms with Crippen LogP contribution < -0.4 is 5.73 Å². The van der Waals surface area contributed by atoms with Gasteiger partial charge in [-0.1, -0.05) is 6.92 Å². The standard InChI is InChI=1S/C12H20N4/c1-8-3-5-10(6-4-8)16-7-11(12(13)14)9(2)15-16/h7-8,10H,3-6H2,1-2H3,(H3,13,14). The van der Waals surface area contributed by atoms with Crippen LogP contribution in [-0.2, 0) is 0 Å². The minimum absolute atomic E-state index is 0.118. The number of nitrogens with one attached hydrogen (secondary N) is 1. The molecular formula is C12H20N4. The van der Waals surface area contributed by atoms with Gasteiger partial charge in [-0.25, -0.2) is 0 Å². The monoisotopic (exact) mass is 220 g/mol. The van der Waals surface area contributed by atoms with Gasteiger partial charge < -0.3 is 5.73 Å². The third kappa shape index (κ3) is 2.10. The lowest BCUT2D eigenvalue weighted by atomic mass is 9.87. The summed E-state index contributed by atoms with van der Waals surface area (Å²) in [7, 11) is 0. The topological polar surface area (TPSA) is 67.7 Å². The van der Waals surface area contributed by atoms with E-state index in [1.807, 2.05) is 17.8 Å². The van der Waals surface area contributed by atoms with Crippen molar-refractivity contribution in [2.45, 2.75) is 45.6 Å². The molecule has 0 atom stereocenters. The lowest BCUT2D eigenvalue weighted by Gasteiger charge is -2.26. The highest BCUT2D eigenvalue weighted by Gasteiger charge is 2.21. The van der Waals surface area contributed by atoms with Gasteiger partial charge in [-0.2, -0.15) is 5.10 Å². The lowest BCUT2D eigenvalue weighted by Crippen LogP contribution is -2.17. The highest BCUT2D eigenvalue weighted by atomic mass is 15.3. The summed E-state index contributed by atoms with van der Waals surface area (Å²) >= 11 is 0. The minimum Gasteiger partial charge on any atom is -0.384 e. The Hall–Kier alpha value is -1.32. The van der Waals surface area contributed by atoms with E-state index >= 15 is 0 Å². The summed E-state index contributed by atoms with van der Waals surface area (Å²) in [6.45, 7) is 4.23. The zero-order valence-corrected chi connectivity index (χ0v) is 10.0. The van der Waals surface area contributed by atoms with Gasteiger partial charge in [-0.3, -0.25) is 10.1 Å². The van der Waals surface area contributed by atoms with Gasteiger partial charge in [0.05, 0.1) is 17.3 Å². The first kappa shape index (κ1) is 11.2. The number of rotatable bonds is 2. The summed E-state index contributed by atoms with van der Waals surface area (Å²) < 4.78 is 2.01. The van der Waals surface area contributed by atoms with Crippen LogP contribution in [0.5, 0.6) is 0 Å². The number of amidine groups is 1. The van der Waals surface area contributed by atoms with E-state index in [1.54, 1.807) is 0 Å². The lowest BCUT2D eigenvalue weighted by molar-refractivity contribution is 0.273. The molecule has 88 valence electrons. The van der Waals surface area contributed by atoms with Crippen LogP contribution in [0.4, 0.5) is 0 Å². The fourth-order valence-electron chi connectivity index (χ4n) is 2.44. The fraction of sp³-hybridized carbons (Fsp3) is 0.667. The minimum atomic E-state index is 0.118. The average molecular weight is 220 g/mol. The molecule has 1 aromatic rings. The van der Waals surface area contributed by atoms with E-state index in [0.29, 0.717) is 6.04 Å². The highest BCUT2D eigenvalue weighted by Crippen LogP contribution is 2.31. The molecule has 0 amide bonds. The van der Waals surface area contributed by atoms with Crippen LogP contribution >= 0.6 is 0 Å². The second-order valence-electron chi connectivity index (χ2n) is 4.94. The predicted molar refractivity (Wildman–Crippen MR) is 64.6 cm³/mol. The van der Waals surface area contributed by atoms with Crippen LogP contribution in [0.15, 0.2) is 6.20 Å². The normalized spacial score (nSPS) is 25.6. The van der Waals surface area contributed by atoms with Crippen molar-refractivity contribution in [3.05, 3.63) is 17.5 Å². The Labute approximate surface area is 96.3 Å². The van der Waals surface area contributed by atoms with Gasteiger partial charge in [0.15, 0.2) is 0 Å². The summed E-state index contributed by atoms with van der Waals surface area (Å²) in [6.07, 6.45) is 6.87. The maximum absolute atomic E-state index is 7.46. The van der Waals surface area contributed by atoms with Crippen molar-refractivity contribution >= 4 is 5.84 Å². The fourth-order valence-corrected chi connectivity index (χ4v) is 2.44. The van der Waals surface area contributed by atoms with Crippen molar-refractivity contribution in [3.8, 4) is 0 Å². The highest BCUT2D eigenvalue weighted by molar-refractivity contribution is 5.95.